The molecular weight excluding hydrogens is 679 g/mol. The van der Waals surface area contributed by atoms with E-state index in [0.717, 1.165) is 66.3 Å². The molecule has 0 spiro atoms. The number of aromatic nitrogens is 1. The quantitative estimate of drug-likeness (QED) is 0.186. The molecule has 55 heavy (non-hydrogen) atoms. The molecule has 3 N–H and O–H groups in total. The summed E-state index contributed by atoms with van der Waals surface area (Å²) in [7, 11) is 0. The summed E-state index contributed by atoms with van der Waals surface area (Å²) in [6.45, 7) is 2.00. The third kappa shape index (κ3) is 4.76. The van der Waals surface area contributed by atoms with E-state index in [2.05, 4.69) is 113 Å². The number of benzene rings is 7. The van der Waals surface area contributed by atoms with Crippen molar-refractivity contribution in [3.05, 3.63) is 174 Å². The summed E-state index contributed by atoms with van der Waals surface area (Å²) >= 11 is 0. The van der Waals surface area contributed by atoms with Gasteiger partial charge in [0.1, 0.15) is 23.2 Å². The summed E-state index contributed by atoms with van der Waals surface area (Å²) in [6, 6.07) is 52.2. The van der Waals surface area contributed by atoms with E-state index in [-0.39, 0.29) is 0 Å². The normalized spacial score (nSPS) is 15.0. The van der Waals surface area contributed by atoms with Gasteiger partial charge in [-0.25, -0.2) is 9.98 Å². The molecule has 0 fully saturated rings. The number of hydrogen-bond acceptors (Lipinski definition) is 6. The Hall–Kier alpha value is -7.38. The van der Waals surface area contributed by atoms with Crippen LogP contribution in [0.4, 0.5) is 5.88 Å². The van der Waals surface area contributed by atoms with Crippen LogP contribution < -0.4 is 11.1 Å². The molecule has 0 bridgehead atoms. The topological polar surface area (TPSA) is 94.0 Å². The van der Waals surface area contributed by atoms with E-state index in [4.69, 9.17) is 24.6 Å². The first-order chi connectivity index (χ1) is 27.1. The van der Waals surface area contributed by atoms with Gasteiger partial charge in [0.2, 0.25) is 0 Å². The average molecular weight is 712 g/mol. The van der Waals surface area contributed by atoms with Crippen LogP contribution in [0.15, 0.2) is 177 Å². The Balaban J connectivity index is 1.08. The molecule has 1 atom stereocenters. The zero-order chi connectivity index (χ0) is 36.6. The summed E-state index contributed by atoms with van der Waals surface area (Å²) in [4.78, 5) is 10.3. The minimum Gasteiger partial charge on any atom is -0.456 e. The van der Waals surface area contributed by atoms with Crippen LogP contribution in [0.5, 0.6) is 0 Å². The van der Waals surface area contributed by atoms with E-state index in [1.165, 1.54) is 21.5 Å². The fourth-order valence-electron chi connectivity index (χ4n) is 8.34. The highest BCUT2D eigenvalue weighted by Crippen LogP contribution is 2.42. The van der Waals surface area contributed by atoms with E-state index in [1.54, 1.807) is 0 Å². The van der Waals surface area contributed by atoms with Crippen LogP contribution in [0.25, 0.3) is 76.7 Å². The Labute approximate surface area is 315 Å². The zero-order valence-electron chi connectivity index (χ0n) is 29.8. The minimum absolute atomic E-state index is 0.315. The second-order valence-electron chi connectivity index (χ2n) is 13.9. The van der Waals surface area contributed by atoms with Crippen molar-refractivity contribution in [2.24, 2.45) is 9.98 Å². The zero-order valence-corrected chi connectivity index (χ0v) is 29.8. The molecule has 1 aliphatic rings. The second kappa shape index (κ2) is 12.1. The number of aliphatic imine (C=N–C) groups is 2. The van der Waals surface area contributed by atoms with Crippen LogP contribution in [-0.2, 0) is 0 Å². The van der Waals surface area contributed by atoms with E-state index in [9.17, 15) is 0 Å². The Morgan fingerprint density at radius 3 is 2.27 bits per heavy atom. The van der Waals surface area contributed by atoms with Crippen molar-refractivity contribution in [1.29, 1.82) is 0 Å². The number of para-hydroxylation sites is 3. The molecular formula is C48H33N5O2. The summed E-state index contributed by atoms with van der Waals surface area (Å²) in [5.74, 6) is 1.58. The molecule has 0 saturated heterocycles. The van der Waals surface area contributed by atoms with Gasteiger partial charge in [-0.1, -0.05) is 133 Å². The predicted octanol–water partition coefficient (Wildman–Crippen LogP) is 11.7. The molecule has 10 aromatic rings. The maximum Gasteiger partial charge on any atom is 0.199 e. The van der Waals surface area contributed by atoms with Gasteiger partial charge in [0.25, 0.3) is 0 Å². The Morgan fingerprint density at radius 1 is 0.673 bits per heavy atom. The van der Waals surface area contributed by atoms with Gasteiger partial charge in [-0.05, 0) is 36.6 Å². The fraction of sp³-hybridized carbons (Fsp3) is 0.0417. The number of nitrogen functional groups attached to an aromatic ring is 1. The predicted molar refractivity (Wildman–Crippen MR) is 226 cm³/mol. The van der Waals surface area contributed by atoms with Crippen molar-refractivity contribution in [3.8, 4) is 5.69 Å². The van der Waals surface area contributed by atoms with Gasteiger partial charge in [-0.15, -0.1) is 0 Å². The van der Waals surface area contributed by atoms with Crippen molar-refractivity contribution in [2.75, 3.05) is 5.73 Å². The number of rotatable bonds is 5. The Morgan fingerprint density at radius 2 is 1.40 bits per heavy atom. The van der Waals surface area contributed by atoms with Gasteiger partial charge >= 0.3 is 0 Å². The number of nitrogens with zero attached hydrogens (tertiary/aromatic N) is 3. The average Bonchev–Trinajstić information content (AvgIpc) is 3.90. The molecule has 1 unspecified atom stereocenters. The number of amidine groups is 2. The summed E-state index contributed by atoms with van der Waals surface area (Å²) in [5.41, 5.74) is 15.9. The lowest BCUT2D eigenvalue weighted by molar-refractivity contribution is 0.634. The van der Waals surface area contributed by atoms with Crippen LogP contribution >= 0.6 is 0 Å². The minimum atomic E-state index is -0.448. The summed E-state index contributed by atoms with van der Waals surface area (Å²) in [6.07, 6.45) is 1.59. The van der Waals surface area contributed by atoms with Gasteiger partial charge in [0, 0.05) is 49.0 Å². The van der Waals surface area contributed by atoms with E-state index >= 15 is 0 Å². The first-order valence-electron chi connectivity index (χ1n) is 18.4. The highest BCUT2D eigenvalue weighted by Gasteiger charge is 2.28. The van der Waals surface area contributed by atoms with E-state index < -0.39 is 6.17 Å². The molecule has 7 aromatic carbocycles. The van der Waals surface area contributed by atoms with Crippen molar-refractivity contribution in [2.45, 2.75) is 13.1 Å². The Bertz CT molecular complexity index is 3270. The molecule has 0 saturated carbocycles. The highest BCUT2D eigenvalue weighted by atomic mass is 16.3. The van der Waals surface area contributed by atoms with Crippen LogP contribution in [0, 0.1) is 0 Å². The van der Waals surface area contributed by atoms with Gasteiger partial charge in [-0.3, -0.25) is 0 Å². The SMILES string of the molecule is C/C=C(/C1=NC(c2ccccc2)=NC(c2ccc3c(c2)oc2ccccc23)N1)c1c(N)oc2c(-n3c4ccccc4c4ccc5ccccc5c43)cccc12. The van der Waals surface area contributed by atoms with Crippen molar-refractivity contribution < 1.29 is 8.83 Å². The third-order valence-electron chi connectivity index (χ3n) is 10.8. The molecule has 0 amide bonds. The smallest absolute Gasteiger partial charge is 0.199 e. The molecule has 3 aromatic heterocycles. The van der Waals surface area contributed by atoms with Gasteiger partial charge in [0.15, 0.2) is 17.3 Å². The van der Waals surface area contributed by atoms with Gasteiger partial charge in [0.05, 0.1) is 22.3 Å². The lowest BCUT2D eigenvalue weighted by Gasteiger charge is -2.25. The first-order valence-corrected chi connectivity index (χ1v) is 18.4. The Kier molecular flexibility index (Phi) is 6.85. The van der Waals surface area contributed by atoms with Gasteiger partial charge < -0.3 is 24.5 Å². The number of hydrogen-bond donors (Lipinski definition) is 2. The molecule has 1 aliphatic heterocycles. The van der Waals surface area contributed by atoms with Crippen LogP contribution in [-0.4, -0.2) is 16.2 Å². The molecule has 11 rings (SSSR count). The second-order valence-corrected chi connectivity index (χ2v) is 13.9. The number of allylic oxidation sites excluding steroid dienone is 1. The van der Waals surface area contributed by atoms with Crippen molar-refractivity contribution in [3.63, 3.8) is 0 Å². The maximum absolute atomic E-state index is 6.92. The number of nitrogens with one attached hydrogen (secondary N) is 1. The molecule has 7 heteroatoms. The molecule has 0 aliphatic carbocycles. The fourth-order valence-corrected chi connectivity index (χ4v) is 8.34. The number of nitrogens with two attached hydrogens (primary N) is 1. The summed E-state index contributed by atoms with van der Waals surface area (Å²) < 4.78 is 15.2. The van der Waals surface area contributed by atoms with Crippen molar-refractivity contribution in [1.82, 2.24) is 9.88 Å². The third-order valence-corrected chi connectivity index (χ3v) is 10.8. The molecule has 0 radical (unpaired) electrons. The van der Waals surface area contributed by atoms with Gasteiger partial charge in [-0.2, -0.15) is 0 Å². The molecule has 262 valence electrons. The largest absolute Gasteiger partial charge is 0.456 e. The number of fused-ring (bicyclic) bond motifs is 9. The number of furan rings is 2. The van der Waals surface area contributed by atoms with Crippen LogP contribution in [0.1, 0.15) is 29.8 Å². The van der Waals surface area contributed by atoms with Crippen LogP contribution in [0.2, 0.25) is 0 Å². The highest BCUT2D eigenvalue weighted by molar-refractivity contribution is 6.31. The standard InChI is InChI=1S/C48H33N5O2/c1-2-31(48-51-46(29-14-4-3-5-15-29)50-47(52-48)30-24-25-35-34-18-9-11-22-40(34)54-41(35)27-30)42-37-19-12-21-39(44(37)55-45(42)49)53-38-20-10-8-17-33(38)36-26-23-28-13-6-7-16-32(28)43(36)53/h2-27,47H,49H2,1H3,(H,50,51,52)/b31-2+. The molecule has 4 heterocycles. The monoisotopic (exact) mass is 711 g/mol. The van der Waals surface area contributed by atoms with Crippen molar-refractivity contribution >= 4 is 88.6 Å². The molecule has 7 nitrogen and oxygen atoms in total. The number of anilines is 1. The lowest BCUT2D eigenvalue weighted by atomic mass is 10.0. The van der Waals surface area contributed by atoms with E-state index in [1.807, 2.05) is 61.5 Å². The lowest BCUT2D eigenvalue weighted by Crippen LogP contribution is -2.33. The summed E-state index contributed by atoms with van der Waals surface area (Å²) in [5, 5.41) is 11.4. The first kappa shape index (κ1) is 31.2. The van der Waals surface area contributed by atoms with E-state index in [0.29, 0.717) is 23.1 Å². The van der Waals surface area contributed by atoms with Crippen LogP contribution in [0.3, 0.4) is 0 Å². The maximum atomic E-state index is 6.92.